The Labute approximate surface area is 723 Å². The van der Waals surface area contributed by atoms with Crippen molar-refractivity contribution in [1.82, 2.24) is 72.8 Å². The van der Waals surface area contributed by atoms with Crippen LogP contribution in [-0.2, 0) is 62.1 Å². The van der Waals surface area contributed by atoms with Crippen molar-refractivity contribution in [3.05, 3.63) is 143 Å². The standard InChI is InChI=1S/2C32H43F2N5O4.C29H38N4O5/c2*1-18(2)26-27(40)35-19(3)28(41)39-16-8-9-24(38-39)29(42)43-20(4)23-13-12-22-11-10-21(17-25(22)36-23)14-15-31(5,6)30(37-26)32(7,33)34;1-17(2)26-27(34)30-19(4)28(35)33-14-6-7-24(32-33)29(36)38-20(5)23-13-12-22-11-10-21(15-25(22)31-23)9-8-18(3)16-37-26/h2*10-15,17-20,24,26,30,37-38H,8-9,16H2,1-7H3,(H,35,40);8-13,15,17-20,24,26,32H,6-7,14,16H2,1-5H3,(H,30,34)/b2*15-14+;9-8+/t2*19-,20+,24-,26-,30?;18?,19-,20+,24-,26-/m000/s1. The molecule has 6 aromatic rings. The Morgan fingerprint density at radius 3 is 1.04 bits per heavy atom. The number of nitrogens with zero attached hydrogens (tertiary/aromatic N) is 6. The number of hydrogen-bond donors (Lipinski definition) is 8. The summed E-state index contributed by atoms with van der Waals surface area (Å²) in [5.41, 5.74) is 13.1. The summed E-state index contributed by atoms with van der Waals surface area (Å²) < 4.78 is 84.0. The molecule has 27 nitrogen and oxygen atoms in total. The zero-order chi connectivity index (χ0) is 90.8. The number of nitrogens with one attached hydrogen (secondary N) is 8. The van der Waals surface area contributed by atoms with Crippen LogP contribution in [0.4, 0.5) is 17.6 Å². The van der Waals surface area contributed by atoms with Crippen molar-refractivity contribution in [2.24, 2.45) is 34.5 Å². The Hall–Kier alpha value is -10.2. The lowest BCUT2D eigenvalue weighted by atomic mass is 9.79. The molecule has 3 unspecified atom stereocenters. The SMILES string of the molecule is CC(C)[C@@H]1NC(C(C)(F)F)C(C)(C)/C=C/c2ccc3ccc(nc3c2)[C@@H](C)OC(=O)[C@@H]2CCCN(N2)C(=O)[C@H](C)NC1=O.CC(C)[C@@H]1NC(C(C)(F)F)C(C)(C)/C=C/c2ccc3ccc(nc3c2)[C@@H](C)OC(=O)[C@@H]2CCCN(N2)C(=O)[C@H](C)NC1=O.CC1/C=C/c2ccc3ccc(nc3c2)[C@@H](C)OC(=O)[C@@H]2CCCN(N2)C(=O)[C@H](C)NC(=O)[C@H](C(C)C)OC1. The zero-order valence-corrected chi connectivity index (χ0v) is 74.6. The second-order valence-electron chi connectivity index (χ2n) is 36.1. The van der Waals surface area contributed by atoms with Crippen molar-refractivity contribution >= 4 is 104 Å². The van der Waals surface area contributed by atoms with E-state index in [0.29, 0.717) is 92.9 Å². The third kappa shape index (κ3) is 24.7. The van der Waals surface area contributed by atoms with Gasteiger partial charge in [-0.1, -0.05) is 167 Å². The summed E-state index contributed by atoms with van der Waals surface area (Å²) in [5.74, 6) is -11.2. The Morgan fingerprint density at radius 2 is 0.734 bits per heavy atom. The number of ether oxygens (including phenoxy) is 4. The molecule has 0 radical (unpaired) electrons. The molecule has 6 aliphatic rings. The van der Waals surface area contributed by atoms with E-state index in [2.05, 4.69) is 42.9 Å². The molecule has 3 aromatic heterocycles. The smallest absolute Gasteiger partial charge is 0.325 e. The number of rotatable bonds is 5. The summed E-state index contributed by atoms with van der Waals surface area (Å²) in [6.45, 7) is 32.8. The van der Waals surface area contributed by atoms with Crippen molar-refractivity contribution in [2.75, 3.05) is 26.2 Å². The minimum Gasteiger partial charge on any atom is -0.455 e. The van der Waals surface area contributed by atoms with E-state index in [1.165, 1.54) is 28.9 Å². The van der Waals surface area contributed by atoms with E-state index in [1.807, 2.05) is 112 Å². The van der Waals surface area contributed by atoms with Gasteiger partial charge >= 0.3 is 17.9 Å². The number of hydrogen-bond acceptors (Lipinski definition) is 21. The number of carbonyl (C=O) groups excluding carboxylic acids is 9. The predicted octanol–water partition coefficient (Wildman–Crippen LogP) is 12.6. The van der Waals surface area contributed by atoms with Gasteiger partial charge in [0, 0.05) is 60.5 Å². The van der Waals surface area contributed by atoms with Gasteiger partial charge in [0.15, 0.2) is 0 Å². The molecular weight excluding hydrogens is 1600 g/mol. The molecule has 3 saturated heterocycles. The highest BCUT2D eigenvalue weighted by atomic mass is 19.3. The molecule has 0 spiro atoms. The molecule has 124 heavy (non-hydrogen) atoms. The molecular formula is C93H124F4N14O13. The van der Waals surface area contributed by atoms with Gasteiger partial charge in [0.05, 0.1) is 64.4 Å². The summed E-state index contributed by atoms with van der Waals surface area (Å²) in [5, 5.41) is 20.9. The minimum atomic E-state index is -3.19. The van der Waals surface area contributed by atoms with Gasteiger partial charge in [0.25, 0.3) is 29.6 Å². The van der Waals surface area contributed by atoms with Crippen LogP contribution in [-0.4, -0.2) is 188 Å². The molecule has 672 valence electrons. The third-order valence-corrected chi connectivity index (χ3v) is 23.3. The van der Waals surface area contributed by atoms with E-state index < -0.39 is 149 Å². The number of alkyl halides is 4. The summed E-state index contributed by atoms with van der Waals surface area (Å²) in [7, 11) is 0. The maximum Gasteiger partial charge on any atom is 0.325 e. The zero-order valence-electron chi connectivity index (χ0n) is 74.6. The first-order valence-corrected chi connectivity index (χ1v) is 43.2. The summed E-state index contributed by atoms with van der Waals surface area (Å²) >= 11 is 0. The first-order chi connectivity index (χ1) is 58.2. The number of benzene rings is 3. The highest BCUT2D eigenvalue weighted by Gasteiger charge is 2.49. The maximum absolute atomic E-state index is 15.2. The van der Waals surface area contributed by atoms with E-state index in [-0.39, 0.29) is 35.5 Å². The molecule has 3 fully saturated rings. The first kappa shape index (κ1) is 96.0. The monoisotopic (exact) mass is 1720 g/mol. The second kappa shape index (κ2) is 40.9. The Morgan fingerprint density at radius 1 is 0.427 bits per heavy atom. The highest BCUT2D eigenvalue weighted by molar-refractivity contribution is 5.93. The number of amides is 6. The Balaban J connectivity index is 0.000000195. The minimum absolute atomic E-state index is 0.0566. The van der Waals surface area contributed by atoms with Gasteiger partial charge in [-0.2, -0.15) is 0 Å². The average molecular weight is 1720 g/mol. The van der Waals surface area contributed by atoms with E-state index in [9.17, 15) is 43.2 Å². The topological polar surface area (TPSA) is 335 Å². The number of hydrazine groups is 3. The van der Waals surface area contributed by atoms with Gasteiger partial charge in [-0.3, -0.25) is 68.8 Å². The van der Waals surface area contributed by atoms with Crippen molar-refractivity contribution in [1.29, 1.82) is 0 Å². The Kier molecular flexibility index (Phi) is 31.6. The molecule has 31 heteroatoms. The van der Waals surface area contributed by atoms with Crippen LogP contribution in [0.5, 0.6) is 0 Å². The first-order valence-electron chi connectivity index (χ1n) is 43.2. The molecule has 15 atom stereocenters. The van der Waals surface area contributed by atoms with Gasteiger partial charge in [0.1, 0.15) is 60.7 Å². The van der Waals surface area contributed by atoms with Gasteiger partial charge in [0.2, 0.25) is 17.7 Å². The van der Waals surface area contributed by atoms with Crippen LogP contribution < -0.4 is 42.9 Å². The molecule has 9 heterocycles. The average Bonchev–Trinajstić information content (AvgIpc) is 0.973. The lowest BCUT2D eigenvalue weighted by molar-refractivity contribution is -0.158. The fourth-order valence-electron chi connectivity index (χ4n) is 16.0. The molecule has 0 saturated carbocycles. The largest absolute Gasteiger partial charge is 0.455 e. The van der Waals surface area contributed by atoms with Crippen molar-refractivity contribution in [3.63, 3.8) is 0 Å². The molecule has 0 aliphatic carbocycles. The van der Waals surface area contributed by atoms with Gasteiger partial charge < -0.3 is 34.9 Å². The fourth-order valence-corrected chi connectivity index (χ4v) is 16.0. The summed E-state index contributed by atoms with van der Waals surface area (Å²) in [4.78, 5) is 133. The van der Waals surface area contributed by atoms with Crippen LogP contribution in [0, 0.1) is 34.5 Å². The van der Waals surface area contributed by atoms with E-state index in [1.54, 1.807) is 120 Å². The van der Waals surface area contributed by atoms with E-state index in [0.717, 1.165) is 52.2 Å². The molecule has 8 N–H and O–H groups in total. The van der Waals surface area contributed by atoms with Crippen molar-refractivity contribution in [2.45, 2.75) is 267 Å². The van der Waals surface area contributed by atoms with Crippen molar-refractivity contribution in [3.8, 4) is 0 Å². The number of fused-ring (bicyclic) bond motifs is 12. The molecule has 6 aliphatic heterocycles. The van der Waals surface area contributed by atoms with Crippen LogP contribution in [0.2, 0.25) is 0 Å². The van der Waals surface area contributed by atoms with E-state index >= 15 is 17.6 Å². The van der Waals surface area contributed by atoms with Gasteiger partial charge in [-0.15, -0.1) is 0 Å². The van der Waals surface area contributed by atoms with Gasteiger partial charge in [-0.05, 0) is 157 Å². The summed E-state index contributed by atoms with van der Waals surface area (Å²) in [6, 6.07) is 18.8. The lowest BCUT2D eigenvalue weighted by Gasteiger charge is -2.40. The third-order valence-electron chi connectivity index (χ3n) is 23.3. The normalized spacial score (nSPS) is 28.5. The number of halogens is 4. The van der Waals surface area contributed by atoms with Gasteiger partial charge in [-0.25, -0.2) is 48.8 Å². The number of aromatic nitrogens is 3. The van der Waals surface area contributed by atoms with Crippen LogP contribution in [0.1, 0.15) is 222 Å². The second-order valence-corrected chi connectivity index (χ2v) is 36.1. The van der Waals surface area contributed by atoms with E-state index in [4.69, 9.17) is 33.9 Å². The molecule has 3 aromatic carbocycles. The fraction of sp³-hybridized carbons (Fsp3) is 0.548. The summed E-state index contributed by atoms with van der Waals surface area (Å²) in [6.07, 6.45) is 11.7. The lowest BCUT2D eigenvalue weighted by Crippen LogP contribution is -2.63. The Bertz CT molecular complexity index is 4740. The number of cyclic esters (lactones) is 3. The highest BCUT2D eigenvalue weighted by Crippen LogP contribution is 2.38. The quantitative estimate of drug-likeness (QED) is 0.0451. The van der Waals surface area contributed by atoms with Crippen LogP contribution in [0.25, 0.3) is 50.9 Å². The van der Waals surface area contributed by atoms with Crippen LogP contribution in [0.15, 0.2) is 109 Å². The van der Waals surface area contributed by atoms with Crippen LogP contribution in [0.3, 0.4) is 0 Å². The predicted molar refractivity (Wildman–Crippen MR) is 466 cm³/mol. The molecule has 12 rings (SSSR count). The maximum atomic E-state index is 15.2. The molecule has 6 amide bonds. The number of pyridine rings is 3. The number of esters is 3. The number of carbonyl (C=O) groups is 9. The molecule has 15 bridgehead atoms. The van der Waals surface area contributed by atoms with Crippen molar-refractivity contribution < 1.29 is 79.7 Å². The van der Waals surface area contributed by atoms with Crippen LogP contribution >= 0.6 is 0 Å².